The minimum absolute atomic E-state index is 0.0220. The molecule has 1 aliphatic heterocycles. The zero-order valence-corrected chi connectivity index (χ0v) is 12.1. The second-order valence-corrected chi connectivity index (χ2v) is 4.87. The highest BCUT2D eigenvalue weighted by Crippen LogP contribution is 2.36. The van der Waals surface area contributed by atoms with Gasteiger partial charge in [-0.15, -0.1) is 0 Å². The van der Waals surface area contributed by atoms with Crippen LogP contribution in [0.25, 0.3) is 0 Å². The molecular formula is C14H26O4. The summed E-state index contributed by atoms with van der Waals surface area (Å²) in [5.41, 5.74) is 0. The van der Waals surface area contributed by atoms with Gasteiger partial charge in [0.15, 0.2) is 6.29 Å². The largest absolute Gasteiger partial charge is 0.436 e. The first-order valence-corrected chi connectivity index (χ1v) is 7.02. The van der Waals surface area contributed by atoms with E-state index in [0.717, 1.165) is 12.8 Å². The maximum Gasteiger partial charge on any atom is 0.314 e. The van der Waals surface area contributed by atoms with Gasteiger partial charge < -0.3 is 14.2 Å². The Bertz CT molecular complexity index is 265. The molecule has 0 aromatic heterocycles. The van der Waals surface area contributed by atoms with Gasteiger partial charge in [0.05, 0.1) is 18.1 Å². The van der Waals surface area contributed by atoms with E-state index in [1.807, 2.05) is 13.8 Å². The molecule has 0 amide bonds. The number of carbonyl (C=O) groups is 1. The van der Waals surface area contributed by atoms with Crippen LogP contribution in [0.3, 0.4) is 0 Å². The Morgan fingerprint density at radius 1 is 1.22 bits per heavy atom. The van der Waals surface area contributed by atoms with Crippen LogP contribution in [0.2, 0.25) is 0 Å². The fourth-order valence-electron chi connectivity index (χ4n) is 2.70. The van der Waals surface area contributed by atoms with Gasteiger partial charge in [-0.2, -0.15) is 0 Å². The summed E-state index contributed by atoms with van der Waals surface area (Å²) in [6.07, 6.45) is 1.43. The molecule has 0 radical (unpaired) electrons. The summed E-state index contributed by atoms with van der Waals surface area (Å²) in [5.74, 6) is -0.143. The van der Waals surface area contributed by atoms with Crippen molar-refractivity contribution in [3.05, 3.63) is 0 Å². The number of rotatable bonds is 6. The number of ether oxygens (including phenoxy) is 3. The molecule has 106 valence electrons. The predicted octanol–water partition coefficient (Wildman–Crippen LogP) is 2.75. The third-order valence-electron chi connectivity index (χ3n) is 3.66. The second kappa shape index (κ2) is 7.10. The van der Waals surface area contributed by atoms with E-state index in [0.29, 0.717) is 6.61 Å². The number of carbonyl (C=O) groups excluding carboxylic acids is 1. The monoisotopic (exact) mass is 258 g/mol. The summed E-state index contributed by atoms with van der Waals surface area (Å²) in [5, 5.41) is 0. The van der Waals surface area contributed by atoms with Crippen molar-refractivity contribution in [2.45, 2.75) is 66.0 Å². The molecule has 18 heavy (non-hydrogen) atoms. The average Bonchev–Trinajstić information content (AvgIpc) is 2.65. The van der Waals surface area contributed by atoms with Crippen LogP contribution in [-0.2, 0) is 19.0 Å². The summed E-state index contributed by atoms with van der Waals surface area (Å²) in [4.78, 5) is 12.2. The molecule has 4 heteroatoms. The third kappa shape index (κ3) is 3.45. The summed E-state index contributed by atoms with van der Waals surface area (Å²) in [6, 6.07) is 0. The van der Waals surface area contributed by atoms with Crippen molar-refractivity contribution in [2.75, 3.05) is 6.61 Å². The van der Waals surface area contributed by atoms with Crippen molar-refractivity contribution in [1.29, 1.82) is 0 Å². The Hall–Kier alpha value is -0.610. The minimum atomic E-state index is -0.479. The van der Waals surface area contributed by atoms with Gasteiger partial charge in [-0.25, -0.2) is 0 Å². The summed E-state index contributed by atoms with van der Waals surface area (Å²) < 4.78 is 16.5. The molecule has 4 nitrogen and oxygen atoms in total. The maximum atomic E-state index is 12.2. The van der Waals surface area contributed by atoms with Gasteiger partial charge in [0, 0.05) is 6.61 Å². The number of hydrogen-bond donors (Lipinski definition) is 0. The Kier molecular flexibility index (Phi) is 6.09. The van der Waals surface area contributed by atoms with E-state index in [9.17, 15) is 4.79 Å². The van der Waals surface area contributed by atoms with Gasteiger partial charge in [-0.3, -0.25) is 4.79 Å². The fourth-order valence-corrected chi connectivity index (χ4v) is 2.70. The first-order chi connectivity index (χ1) is 8.54. The third-order valence-corrected chi connectivity index (χ3v) is 3.66. The lowest BCUT2D eigenvalue weighted by molar-refractivity contribution is -0.181. The van der Waals surface area contributed by atoms with Crippen LogP contribution >= 0.6 is 0 Å². The predicted molar refractivity (Wildman–Crippen MR) is 69.1 cm³/mol. The van der Waals surface area contributed by atoms with E-state index < -0.39 is 6.29 Å². The van der Waals surface area contributed by atoms with Gasteiger partial charge >= 0.3 is 5.97 Å². The van der Waals surface area contributed by atoms with Crippen molar-refractivity contribution in [3.63, 3.8) is 0 Å². The molecule has 0 N–H and O–H groups in total. The fraction of sp³-hybridized carbons (Fsp3) is 0.929. The molecule has 1 saturated heterocycles. The van der Waals surface area contributed by atoms with Crippen molar-refractivity contribution in [2.24, 2.45) is 11.8 Å². The van der Waals surface area contributed by atoms with E-state index in [2.05, 4.69) is 13.8 Å². The highest BCUT2D eigenvalue weighted by molar-refractivity contribution is 5.74. The van der Waals surface area contributed by atoms with Crippen LogP contribution in [0.15, 0.2) is 0 Å². The summed E-state index contributed by atoms with van der Waals surface area (Å²) >= 11 is 0. The van der Waals surface area contributed by atoms with Gasteiger partial charge in [-0.1, -0.05) is 20.8 Å². The quantitative estimate of drug-likeness (QED) is 0.543. The highest BCUT2D eigenvalue weighted by atomic mass is 16.7. The van der Waals surface area contributed by atoms with Crippen LogP contribution in [0.5, 0.6) is 0 Å². The van der Waals surface area contributed by atoms with Crippen LogP contribution in [0, 0.1) is 11.8 Å². The zero-order chi connectivity index (χ0) is 13.7. The van der Waals surface area contributed by atoms with Gasteiger partial charge in [-0.05, 0) is 32.6 Å². The Labute approximate surface area is 110 Å². The van der Waals surface area contributed by atoms with E-state index in [1.165, 1.54) is 0 Å². The van der Waals surface area contributed by atoms with Crippen molar-refractivity contribution < 1.29 is 19.0 Å². The molecule has 5 unspecified atom stereocenters. The lowest BCUT2D eigenvalue weighted by Crippen LogP contribution is -2.32. The molecule has 0 bridgehead atoms. The Balaban J connectivity index is 2.64. The molecule has 1 rings (SSSR count). The number of esters is 1. The van der Waals surface area contributed by atoms with Crippen LogP contribution in [-0.4, -0.2) is 31.1 Å². The van der Waals surface area contributed by atoms with E-state index >= 15 is 0 Å². The molecule has 1 heterocycles. The van der Waals surface area contributed by atoms with Crippen LogP contribution in [0.4, 0.5) is 0 Å². The molecule has 1 aliphatic rings. The second-order valence-electron chi connectivity index (χ2n) is 4.87. The Morgan fingerprint density at radius 3 is 2.33 bits per heavy atom. The normalized spacial score (nSPS) is 33.4. The average molecular weight is 258 g/mol. The molecule has 0 saturated carbocycles. The van der Waals surface area contributed by atoms with Crippen molar-refractivity contribution >= 4 is 5.97 Å². The van der Waals surface area contributed by atoms with Gasteiger partial charge in [0.25, 0.3) is 0 Å². The topological polar surface area (TPSA) is 44.8 Å². The molecule has 0 spiro atoms. The SMILES string of the molecule is CCOC(C)OC(=O)C1C(CC)OC(CC)C1C. The van der Waals surface area contributed by atoms with Gasteiger partial charge in [0.1, 0.15) is 0 Å². The maximum absolute atomic E-state index is 12.2. The first kappa shape index (κ1) is 15.4. The van der Waals surface area contributed by atoms with E-state index in [1.54, 1.807) is 6.92 Å². The smallest absolute Gasteiger partial charge is 0.314 e. The molecule has 0 aliphatic carbocycles. The standard InChI is InChI=1S/C14H26O4/c1-6-11-9(4)13(12(7-2)18-11)14(15)17-10(5)16-8-3/h9-13H,6-8H2,1-5H3. The van der Waals surface area contributed by atoms with E-state index in [-0.39, 0.29) is 30.0 Å². The van der Waals surface area contributed by atoms with Crippen molar-refractivity contribution in [1.82, 2.24) is 0 Å². The van der Waals surface area contributed by atoms with Crippen LogP contribution < -0.4 is 0 Å². The summed E-state index contributed by atoms with van der Waals surface area (Å²) in [7, 11) is 0. The molecule has 1 fully saturated rings. The highest BCUT2D eigenvalue weighted by Gasteiger charge is 2.45. The van der Waals surface area contributed by atoms with E-state index in [4.69, 9.17) is 14.2 Å². The molecule has 5 atom stereocenters. The zero-order valence-electron chi connectivity index (χ0n) is 12.1. The Morgan fingerprint density at radius 2 is 1.83 bits per heavy atom. The van der Waals surface area contributed by atoms with Crippen LogP contribution in [0.1, 0.15) is 47.5 Å². The lowest BCUT2D eigenvalue weighted by atomic mass is 9.87. The summed E-state index contributed by atoms with van der Waals surface area (Å²) in [6.45, 7) is 10.4. The van der Waals surface area contributed by atoms with Gasteiger partial charge in [0.2, 0.25) is 0 Å². The first-order valence-electron chi connectivity index (χ1n) is 7.02. The molecule has 0 aromatic rings. The van der Waals surface area contributed by atoms with Crippen molar-refractivity contribution in [3.8, 4) is 0 Å². The molecule has 0 aromatic carbocycles. The lowest BCUT2D eigenvalue weighted by Gasteiger charge is -2.21. The molecular weight excluding hydrogens is 232 g/mol. The minimum Gasteiger partial charge on any atom is -0.436 e. The number of hydrogen-bond acceptors (Lipinski definition) is 4.